The molecule has 0 unspecified atom stereocenters. The molecular weight excluding hydrogens is 697 g/mol. The SMILES string of the molecule is CCCCCCCCCCCCN(C)c1ccccc1.CNC.O=C(O)c1ccc2c3ccc(C(=O)O)c4c(C(=O)O)ccc(c5ccc(C(=O)O)c1c25)c43. The van der Waals surface area contributed by atoms with Crippen molar-refractivity contribution in [2.75, 3.05) is 32.6 Å². The molecule has 10 nitrogen and oxygen atoms in total. The normalized spacial score (nSPS) is 10.9. The topological polar surface area (TPSA) is 164 Å². The van der Waals surface area contributed by atoms with Crippen LogP contribution in [0.4, 0.5) is 5.69 Å². The van der Waals surface area contributed by atoms with Gasteiger partial charge in [-0.3, -0.25) is 0 Å². The molecule has 0 aliphatic carbocycles. The Kier molecular flexibility index (Phi) is 15.3. The lowest BCUT2D eigenvalue weighted by Crippen LogP contribution is -2.18. The molecule has 6 aromatic carbocycles. The minimum atomic E-state index is -1.28. The Balaban J connectivity index is 0.000000252. The number of carboxylic acid groups (broad SMARTS) is 4. The van der Waals surface area contributed by atoms with Crippen molar-refractivity contribution < 1.29 is 39.6 Å². The second-order valence-corrected chi connectivity index (χ2v) is 13.8. The maximum Gasteiger partial charge on any atom is 0.336 e. The predicted octanol–water partition coefficient (Wildman–Crippen LogP) is 10.4. The van der Waals surface area contributed by atoms with Crippen LogP contribution in [0.15, 0.2) is 78.9 Å². The average molecular weight is 749 g/mol. The molecular formula is C45H52N2O8. The number of fused-ring (bicyclic) bond motifs is 2. The van der Waals surface area contributed by atoms with Crippen LogP contribution < -0.4 is 10.2 Å². The van der Waals surface area contributed by atoms with Crippen molar-refractivity contribution in [1.82, 2.24) is 5.32 Å². The predicted molar refractivity (Wildman–Crippen MR) is 222 cm³/mol. The van der Waals surface area contributed by atoms with Crippen LogP contribution >= 0.6 is 0 Å². The number of rotatable bonds is 16. The van der Waals surface area contributed by atoms with Crippen LogP contribution in [0, 0.1) is 0 Å². The highest BCUT2D eigenvalue weighted by Crippen LogP contribution is 2.44. The third-order valence-corrected chi connectivity index (χ3v) is 9.87. The minimum Gasteiger partial charge on any atom is -0.478 e. The van der Waals surface area contributed by atoms with Crippen molar-refractivity contribution in [2.24, 2.45) is 0 Å². The molecule has 5 N–H and O–H groups in total. The Morgan fingerprint density at radius 2 is 0.782 bits per heavy atom. The monoisotopic (exact) mass is 748 g/mol. The number of hydrogen-bond acceptors (Lipinski definition) is 6. The Hall–Kier alpha value is -5.74. The van der Waals surface area contributed by atoms with Gasteiger partial charge in [-0.15, -0.1) is 0 Å². The molecule has 290 valence electrons. The van der Waals surface area contributed by atoms with Gasteiger partial charge in [0.1, 0.15) is 0 Å². The van der Waals surface area contributed by atoms with Gasteiger partial charge < -0.3 is 30.6 Å². The molecule has 0 aliphatic rings. The van der Waals surface area contributed by atoms with Crippen LogP contribution in [-0.2, 0) is 0 Å². The Morgan fingerprint density at radius 3 is 1.09 bits per heavy atom. The van der Waals surface area contributed by atoms with Gasteiger partial charge in [-0.25, -0.2) is 19.2 Å². The summed E-state index contributed by atoms with van der Waals surface area (Å²) in [5.41, 5.74) is 0.640. The number of aromatic carboxylic acids is 4. The summed E-state index contributed by atoms with van der Waals surface area (Å²) in [6.07, 6.45) is 14.1. The van der Waals surface area contributed by atoms with E-state index in [2.05, 4.69) is 54.5 Å². The molecule has 0 aromatic heterocycles. The van der Waals surface area contributed by atoms with E-state index in [4.69, 9.17) is 0 Å². The van der Waals surface area contributed by atoms with Crippen LogP contribution in [0.2, 0.25) is 0 Å². The molecule has 6 aromatic rings. The van der Waals surface area contributed by atoms with Crippen molar-refractivity contribution in [3.05, 3.63) is 101 Å². The van der Waals surface area contributed by atoms with Crippen molar-refractivity contribution in [1.29, 1.82) is 0 Å². The fraction of sp³-hybridized carbons (Fsp3) is 0.333. The Morgan fingerprint density at radius 1 is 0.473 bits per heavy atom. The number of para-hydroxylation sites is 1. The summed E-state index contributed by atoms with van der Waals surface area (Å²) in [6.45, 7) is 3.47. The lowest BCUT2D eigenvalue weighted by atomic mass is 9.84. The van der Waals surface area contributed by atoms with E-state index in [1.807, 2.05) is 14.1 Å². The van der Waals surface area contributed by atoms with Crippen LogP contribution in [0.1, 0.15) is 113 Å². The first-order chi connectivity index (χ1) is 26.5. The van der Waals surface area contributed by atoms with Gasteiger partial charge in [0.15, 0.2) is 0 Å². The zero-order valence-corrected chi connectivity index (χ0v) is 32.2. The number of anilines is 1. The maximum atomic E-state index is 11.9. The minimum absolute atomic E-state index is 0.0587. The standard InChI is InChI=1S/C24H12O8.C19H33N.C2H7N/c25-21(26)13-5-1-9-10-2-6-15(23(29)30)20-16(24(31)32)8-4-12(18(10)20)11-3-7-14(22(27)28)19(13)17(9)11;1-3-4-5-6-7-8-9-10-11-15-18-20(2)19-16-13-12-14-17-19;1-3-2/h1-8H,(H,25,26)(H,27,28)(H,29,30)(H,31,32);12-14,16-17H,3-11,15,18H2,1-2H3;3H,1-2H3. The smallest absolute Gasteiger partial charge is 0.336 e. The second kappa shape index (κ2) is 20.1. The quantitative estimate of drug-likeness (QED) is 0.0365. The molecule has 0 atom stereocenters. The van der Waals surface area contributed by atoms with Gasteiger partial charge in [0.25, 0.3) is 0 Å². The van der Waals surface area contributed by atoms with Crippen LogP contribution in [0.3, 0.4) is 0 Å². The summed E-state index contributed by atoms with van der Waals surface area (Å²) in [6, 6.07) is 22.0. The number of benzene rings is 6. The summed E-state index contributed by atoms with van der Waals surface area (Å²) in [7, 11) is 5.95. The third kappa shape index (κ3) is 9.88. The van der Waals surface area contributed by atoms with Crippen LogP contribution in [-0.4, -0.2) is 72.0 Å². The average Bonchev–Trinajstić information content (AvgIpc) is 3.17. The van der Waals surface area contributed by atoms with E-state index >= 15 is 0 Å². The van der Waals surface area contributed by atoms with Crippen molar-refractivity contribution in [2.45, 2.75) is 71.1 Å². The number of hydrogen-bond donors (Lipinski definition) is 5. The molecule has 55 heavy (non-hydrogen) atoms. The molecule has 0 radical (unpaired) electrons. The number of unbranched alkanes of at least 4 members (excludes halogenated alkanes) is 9. The first kappa shape index (κ1) is 42.0. The summed E-state index contributed by atoms with van der Waals surface area (Å²) in [5.74, 6) is -5.13. The van der Waals surface area contributed by atoms with E-state index in [0.717, 1.165) is 0 Å². The summed E-state index contributed by atoms with van der Waals surface area (Å²) < 4.78 is 0. The molecule has 6 rings (SSSR count). The third-order valence-electron chi connectivity index (χ3n) is 9.87. The van der Waals surface area contributed by atoms with Gasteiger partial charge in [-0.1, -0.05) is 107 Å². The highest BCUT2D eigenvalue weighted by Gasteiger charge is 2.25. The van der Waals surface area contributed by atoms with Crippen LogP contribution in [0.5, 0.6) is 0 Å². The number of nitrogens with one attached hydrogen (secondary N) is 1. The fourth-order valence-electron chi connectivity index (χ4n) is 7.25. The summed E-state index contributed by atoms with van der Waals surface area (Å²) in [4.78, 5) is 49.8. The molecule has 0 saturated carbocycles. The zero-order valence-electron chi connectivity index (χ0n) is 32.2. The van der Waals surface area contributed by atoms with Crippen molar-refractivity contribution in [3.8, 4) is 0 Å². The van der Waals surface area contributed by atoms with E-state index in [9.17, 15) is 39.6 Å². The molecule has 0 amide bonds. The number of nitrogens with zero attached hydrogens (tertiary/aromatic N) is 1. The van der Waals surface area contributed by atoms with E-state index in [1.165, 1.54) is 125 Å². The van der Waals surface area contributed by atoms with Gasteiger partial charge in [0, 0.05) is 30.1 Å². The van der Waals surface area contributed by atoms with E-state index in [-0.39, 0.29) is 33.0 Å². The second-order valence-electron chi connectivity index (χ2n) is 13.8. The number of carboxylic acids is 4. The van der Waals surface area contributed by atoms with Crippen molar-refractivity contribution >= 4 is 72.7 Å². The lowest BCUT2D eigenvalue weighted by Gasteiger charge is -2.18. The summed E-state index contributed by atoms with van der Waals surface area (Å²) >= 11 is 0. The molecule has 0 bridgehead atoms. The lowest BCUT2D eigenvalue weighted by molar-refractivity contribution is 0.0681. The van der Waals surface area contributed by atoms with Crippen molar-refractivity contribution in [3.63, 3.8) is 0 Å². The van der Waals surface area contributed by atoms with Gasteiger partial charge in [0.05, 0.1) is 22.3 Å². The molecule has 10 heteroatoms. The molecule has 0 fully saturated rings. The highest BCUT2D eigenvalue weighted by molar-refractivity contribution is 6.38. The van der Waals surface area contributed by atoms with E-state index in [1.54, 1.807) is 0 Å². The largest absolute Gasteiger partial charge is 0.478 e. The van der Waals surface area contributed by atoms with Gasteiger partial charge >= 0.3 is 23.9 Å². The fourth-order valence-corrected chi connectivity index (χ4v) is 7.25. The summed E-state index contributed by atoms with van der Waals surface area (Å²) in [5, 5.41) is 44.4. The highest BCUT2D eigenvalue weighted by atomic mass is 16.4. The number of carbonyl (C=O) groups is 4. The molecule has 0 aliphatic heterocycles. The van der Waals surface area contributed by atoms with Gasteiger partial charge in [0.2, 0.25) is 0 Å². The first-order valence-corrected chi connectivity index (χ1v) is 19.0. The van der Waals surface area contributed by atoms with Crippen LogP contribution in [0.25, 0.3) is 43.1 Å². The van der Waals surface area contributed by atoms with Gasteiger partial charge in [-0.05, 0) is 89.2 Å². The molecule has 0 saturated heterocycles. The Labute approximate surface area is 321 Å². The molecule has 0 heterocycles. The maximum absolute atomic E-state index is 11.9. The first-order valence-electron chi connectivity index (χ1n) is 19.0. The van der Waals surface area contributed by atoms with E-state index < -0.39 is 23.9 Å². The molecule has 0 spiro atoms. The Bertz CT molecular complexity index is 2010. The van der Waals surface area contributed by atoms with E-state index in [0.29, 0.717) is 32.3 Å². The van der Waals surface area contributed by atoms with Gasteiger partial charge in [-0.2, -0.15) is 0 Å². The zero-order chi connectivity index (χ0) is 40.1.